The number of ether oxygens (including phenoxy) is 2. The Kier molecular flexibility index (Phi) is 7.20. The minimum atomic E-state index is -0.383. The summed E-state index contributed by atoms with van der Waals surface area (Å²) in [4.78, 5) is 26.2. The first-order chi connectivity index (χ1) is 14.0. The predicted molar refractivity (Wildman–Crippen MR) is 115 cm³/mol. The summed E-state index contributed by atoms with van der Waals surface area (Å²) in [5.74, 6) is 1.48. The van der Waals surface area contributed by atoms with Crippen LogP contribution in [-0.2, 0) is 17.8 Å². The van der Waals surface area contributed by atoms with E-state index in [2.05, 4.69) is 0 Å². The summed E-state index contributed by atoms with van der Waals surface area (Å²) in [5, 5.41) is -0.534. The van der Waals surface area contributed by atoms with Gasteiger partial charge in [-0.2, -0.15) is 0 Å². The Morgan fingerprint density at radius 1 is 1.00 bits per heavy atom. The van der Waals surface area contributed by atoms with Crippen LogP contribution in [0.4, 0.5) is 4.79 Å². The van der Waals surface area contributed by atoms with Crippen LogP contribution in [0.2, 0.25) is 0 Å². The van der Waals surface area contributed by atoms with Gasteiger partial charge in [0.2, 0.25) is 5.91 Å². The molecular weight excluding hydrogens is 386 g/mol. The van der Waals surface area contributed by atoms with E-state index >= 15 is 0 Å². The van der Waals surface area contributed by atoms with Crippen LogP contribution in [0.15, 0.2) is 48.5 Å². The normalized spacial score (nSPS) is 16.6. The SMILES string of the molecule is CCOc1cc(C[C@@H]2SC(=O)N(CC(C)C)C2=O)ccc1OCc1ccccc1. The maximum absolute atomic E-state index is 12.6. The van der Waals surface area contributed by atoms with Crippen LogP contribution in [0.1, 0.15) is 31.9 Å². The smallest absolute Gasteiger partial charge is 0.289 e. The Morgan fingerprint density at radius 3 is 2.45 bits per heavy atom. The largest absolute Gasteiger partial charge is 0.490 e. The van der Waals surface area contributed by atoms with Crippen LogP contribution in [-0.4, -0.2) is 34.4 Å². The number of hydrogen-bond donors (Lipinski definition) is 0. The Bertz CT molecular complexity index is 853. The molecule has 5 nitrogen and oxygen atoms in total. The van der Waals surface area contributed by atoms with Crippen LogP contribution >= 0.6 is 11.8 Å². The number of thioether (sulfide) groups is 1. The molecule has 2 aromatic carbocycles. The quantitative estimate of drug-likeness (QED) is 0.584. The number of hydrogen-bond acceptors (Lipinski definition) is 5. The van der Waals surface area contributed by atoms with Gasteiger partial charge in [0.1, 0.15) is 6.61 Å². The number of rotatable bonds is 9. The Labute approximate surface area is 176 Å². The van der Waals surface area contributed by atoms with E-state index in [1.165, 1.54) is 4.90 Å². The molecule has 2 aromatic rings. The zero-order valence-corrected chi connectivity index (χ0v) is 17.9. The molecule has 2 amide bonds. The number of carbonyl (C=O) groups is 2. The summed E-state index contributed by atoms with van der Waals surface area (Å²) in [6, 6.07) is 15.7. The Hall–Kier alpha value is -2.47. The lowest BCUT2D eigenvalue weighted by molar-refractivity contribution is -0.127. The number of benzene rings is 2. The molecule has 154 valence electrons. The number of imide groups is 1. The lowest BCUT2D eigenvalue weighted by Gasteiger charge is -2.16. The van der Waals surface area contributed by atoms with E-state index in [0.29, 0.717) is 37.7 Å². The lowest BCUT2D eigenvalue weighted by Crippen LogP contribution is -2.35. The maximum Gasteiger partial charge on any atom is 0.289 e. The third-order valence-electron chi connectivity index (χ3n) is 4.52. The molecule has 6 heteroatoms. The molecule has 0 aliphatic carbocycles. The van der Waals surface area contributed by atoms with Gasteiger partial charge in [-0.25, -0.2) is 0 Å². The summed E-state index contributed by atoms with van der Waals surface area (Å²) >= 11 is 1.11. The number of amides is 2. The van der Waals surface area contributed by atoms with Crippen molar-refractivity contribution in [1.29, 1.82) is 0 Å². The molecule has 0 bridgehead atoms. The van der Waals surface area contributed by atoms with Crippen molar-refractivity contribution < 1.29 is 19.1 Å². The summed E-state index contributed by atoms with van der Waals surface area (Å²) in [6.07, 6.45) is 0.489. The molecule has 0 radical (unpaired) electrons. The third kappa shape index (κ3) is 5.54. The molecule has 1 saturated heterocycles. The predicted octanol–water partition coefficient (Wildman–Crippen LogP) is 4.93. The molecule has 1 heterocycles. The van der Waals surface area contributed by atoms with Crippen LogP contribution < -0.4 is 9.47 Å². The molecule has 0 aromatic heterocycles. The van der Waals surface area contributed by atoms with Crippen molar-refractivity contribution in [2.75, 3.05) is 13.2 Å². The molecule has 0 N–H and O–H groups in total. The molecule has 1 fully saturated rings. The Balaban J connectivity index is 1.69. The van der Waals surface area contributed by atoms with Gasteiger partial charge in [0.05, 0.1) is 11.9 Å². The van der Waals surface area contributed by atoms with Gasteiger partial charge >= 0.3 is 0 Å². The average Bonchev–Trinajstić information content (AvgIpc) is 2.95. The first kappa shape index (κ1) is 21.2. The standard InChI is InChI=1S/C23H27NO4S/c1-4-27-20-12-18(10-11-19(20)28-15-17-8-6-5-7-9-17)13-21-22(25)24(14-16(2)3)23(26)29-21/h5-12,16,21H,4,13-15H2,1-3H3/t21-/m0/s1. The first-order valence-corrected chi connectivity index (χ1v) is 10.8. The molecule has 1 atom stereocenters. The summed E-state index contributed by atoms with van der Waals surface area (Å²) in [5.41, 5.74) is 2.03. The van der Waals surface area contributed by atoms with E-state index in [4.69, 9.17) is 9.47 Å². The van der Waals surface area contributed by atoms with E-state index in [1.807, 2.05) is 69.3 Å². The topological polar surface area (TPSA) is 55.8 Å². The van der Waals surface area contributed by atoms with Crippen LogP contribution in [0.5, 0.6) is 11.5 Å². The van der Waals surface area contributed by atoms with Crippen LogP contribution in [0, 0.1) is 5.92 Å². The summed E-state index contributed by atoms with van der Waals surface area (Å²) in [7, 11) is 0. The van der Waals surface area contributed by atoms with Crippen molar-refractivity contribution in [2.24, 2.45) is 5.92 Å². The second-order valence-electron chi connectivity index (χ2n) is 7.41. The molecule has 1 aliphatic rings. The second kappa shape index (κ2) is 9.83. The molecule has 29 heavy (non-hydrogen) atoms. The van der Waals surface area contributed by atoms with Gasteiger partial charge in [0.15, 0.2) is 11.5 Å². The van der Waals surface area contributed by atoms with Gasteiger partial charge in [-0.05, 0) is 42.5 Å². The van der Waals surface area contributed by atoms with Gasteiger partial charge in [0.25, 0.3) is 5.24 Å². The average molecular weight is 414 g/mol. The Morgan fingerprint density at radius 2 is 1.76 bits per heavy atom. The minimum absolute atomic E-state index is 0.101. The fourth-order valence-corrected chi connectivity index (χ4v) is 4.21. The fourth-order valence-electron chi connectivity index (χ4n) is 3.17. The zero-order chi connectivity index (χ0) is 20.8. The highest BCUT2D eigenvalue weighted by molar-refractivity contribution is 8.15. The fraction of sp³-hybridized carbons (Fsp3) is 0.391. The van der Waals surface area contributed by atoms with Gasteiger partial charge in [-0.1, -0.05) is 62.0 Å². The van der Waals surface area contributed by atoms with Crippen LogP contribution in [0.25, 0.3) is 0 Å². The molecule has 0 saturated carbocycles. The molecular formula is C23H27NO4S. The van der Waals surface area contributed by atoms with Crippen molar-refractivity contribution >= 4 is 22.9 Å². The van der Waals surface area contributed by atoms with Gasteiger partial charge < -0.3 is 9.47 Å². The molecule has 0 spiro atoms. The second-order valence-corrected chi connectivity index (χ2v) is 8.56. The van der Waals surface area contributed by atoms with E-state index in [1.54, 1.807) is 0 Å². The highest BCUT2D eigenvalue weighted by Gasteiger charge is 2.39. The van der Waals surface area contributed by atoms with Crippen molar-refractivity contribution in [3.05, 3.63) is 59.7 Å². The van der Waals surface area contributed by atoms with Crippen molar-refractivity contribution in [1.82, 2.24) is 4.90 Å². The third-order valence-corrected chi connectivity index (χ3v) is 5.59. The molecule has 3 rings (SSSR count). The maximum atomic E-state index is 12.6. The number of nitrogens with zero attached hydrogens (tertiary/aromatic N) is 1. The van der Waals surface area contributed by atoms with E-state index in [9.17, 15) is 9.59 Å². The highest BCUT2D eigenvalue weighted by atomic mass is 32.2. The van der Waals surface area contributed by atoms with E-state index in [0.717, 1.165) is 22.9 Å². The lowest BCUT2D eigenvalue weighted by atomic mass is 10.1. The van der Waals surface area contributed by atoms with Crippen LogP contribution in [0.3, 0.4) is 0 Å². The summed E-state index contributed by atoms with van der Waals surface area (Å²) in [6.45, 7) is 7.37. The monoisotopic (exact) mass is 413 g/mol. The highest BCUT2D eigenvalue weighted by Crippen LogP contribution is 2.34. The number of carbonyl (C=O) groups excluding carboxylic acids is 2. The van der Waals surface area contributed by atoms with Crippen molar-refractivity contribution in [3.8, 4) is 11.5 Å². The van der Waals surface area contributed by atoms with E-state index in [-0.39, 0.29) is 22.3 Å². The van der Waals surface area contributed by atoms with Crippen molar-refractivity contribution in [2.45, 2.75) is 39.0 Å². The van der Waals surface area contributed by atoms with Gasteiger partial charge in [0, 0.05) is 6.54 Å². The first-order valence-electron chi connectivity index (χ1n) is 9.92. The summed E-state index contributed by atoms with van der Waals surface area (Å²) < 4.78 is 11.7. The minimum Gasteiger partial charge on any atom is -0.490 e. The van der Waals surface area contributed by atoms with E-state index < -0.39 is 0 Å². The van der Waals surface area contributed by atoms with Crippen molar-refractivity contribution in [3.63, 3.8) is 0 Å². The van der Waals surface area contributed by atoms with Gasteiger partial charge in [-0.3, -0.25) is 14.5 Å². The molecule has 1 aliphatic heterocycles. The zero-order valence-electron chi connectivity index (χ0n) is 17.1. The molecule has 0 unspecified atom stereocenters. The van der Waals surface area contributed by atoms with Gasteiger partial charge in [-0.15, -0.1) is 0 Å².